The molecule has 0 bridgehead atoms. The number of carbonyl (C=O) groups is 2. The van der Waals surface area contributed by atoms with E-state index in [2.05, 4.69) is 0 Å². The lowest BCUT2D eigenvalue weighted by Crippen LogP contribution is -2.43. The van der Waals surface area contributed by atoms with Crippen LogP contribution >= 0.6 is 0 Å². The number of likely N-dealkylation sites (tertiary alicyclic amines) is 2. The Labute approximate surface area is 109 Å². The monoisotopic (exact) mass is 252 g/mol. The Morgan fingerprint density at radius 2 is 1.50 bits per heavy atom. The minimum absolute atomic E-state index is 0.146. The van der Waals surface area contributed by atoms with Gasteiger partial charge in [0.25, 0.3) is 0 Å². The van der Waals surface area contributed by atoms with Crippen molar-refractivity contribution in [3.05, 3.63) is 0 Å². The Kier molecular flexibility index (Phi) is 5.02. The molecular weight excluding hydrogens is 228 g/mol. The van der Waals surface area contributed by atoms with Crippen LogP contribution in [-0.4, -0.2) is 47.8 Å². The van der Waals surface area contributed by atoms with E-state index in [1.165, 1.54) is 12.8 Å². The molecule has 2 heterocycles. The van der Waals surface area contributed by atoms with Crippen molar-refractivity contribution >= 4 is 11.8 Å². The van der Waals surface area contributed by atoms with Crippen LogP contribution in [0.2, 0.25) is 0 Å². The Hall–Kier alpha value is -1.06. The quantitative estimate of drug-likeness (QED) is 0.752. The molecular formula is C14H24N2O2. The lowest BCUT2D eigenvalue weighted by molar-refractivity contribution is -0.140. The first kappa shape index (κ1) is 13.4. The third kappa shape index (κ3) is 3.72. The van der Waals surface area contributed by atoms with Crippen molar-refractivity contribution in [1.82, 2.24) is 9.80 Å². The lowest BCUT2D eigenvalue weighted by Gasteiger charge is -2.25. The van der Waals surface area contributed by atoms with Crippen LogP contribution in [0.15, 0.2) is 0 Å². The van der Waals surface area contributed by atoms with Gasteiger partial charge in [-0.1, -0.05) is 19.3 Å². The van der Waals surface area contributed by atoms with Crippen LogP contribution < -0.4 is 0 Å². The first-order chi connectivity index (χ1) is 8.77. The molecule has 2 aliphatic heterocycles. The minimum Gasteiger partial charge on any atom is -0.341 e. The van der Waals surface area contributed by atoms with Crippen LogP contribution in [0.1, 0.15) is 51.4 Å². The van der Waals surface area contributed by atoms with E-state index in [9.17, 15) is 9.59 Å². The second-order valence-electron chi connectivity index (χ2n) is 5.42. The fraction of sp³-hybridized carbons (Fsp3) is 0.857. The first-order valence-corrected chi connectivity index (χ1v) is 7.33. The van der Waals surface area contributed by atoms with Crippen LogP contribution in [0.3, 0.4) is 0 Å². The standard InChI is InChI=1S/C14H24N2O2/c17-13-8-4-3-7-11-16(13)12-14(18)15-9-5-1-2-6-10-15/h1-12H2. The maximum atomic E-state index is 12.2. The zero-order chi connectivity index (χ0) is 12.8. The van der Waals surface area contributed by atoms with E-state index in [1.807, 2.05) is 4.90 Å². The van der Waals surface area contributed by atoms with Crippen molar-refractivity contribution in [3.8, 4) is 0 Å². The van der Waals surface area contributed by atoms with Gasteiger partial charge in [0.05, 0.1) is 6.54 Å². The molecule has 4 heteroatoms. The molecule has 0 aromatic rings. The molecule has 0 aromatic carbocycles. The molecule has 0 N–H and O–H groups in total. The molecule has 18 heavy (non-hydrogen) atoms. The Morgan fingerprint density at radius 1 is 0.889 bits per heavy atom. The SMILES string of the molecule is O=C(CN1CCCCCC1=O)N1CCCCCC1. The highest BCUT2D eigenvalue weighted by molar-refractivity contribution is 5.85. The largest absolute Gasteiger partial charge is 0.341 e. The second-order valence-corrected chi connectivity index (χ2v) is 5.42. The first-order valence-electron chi connectivity index (χ1n) is 7.33. The van der Waals surface area contributed by atoms with Crippen LogP contribution in [0.4, 0.5) is 0 Å². The molecule has 2 saturated heterocycles. The van der Waals surface area contributed by atoms with E-state index in [1.54, 1.807) is 4.90 Å². The third-order valence-electron chi connectivity index (χ3n) is 3.96. The molecule has 0 atom stereocenters. The molecule has 2 amide bonds. The van der Waals surface area contributed by atoms with Gasteiger partial charge in [0.1, 0.15) is 0 Å². The summed E-state index contributed by atoms with van der Waals surface area (Å²) >= 11 is 0. The maximum Gasteiger partial charge on any atom is 0.242 e. The van der Waals surface area contributed by atoms with E-state index in [0.717, 1.165) is 51.7 Å². The summed E-state index contributed by atoms with van der Waals surface area (Å²) in [6, 6.07) is 0. The topological polar surface area (TPSA) is 40.6 Å². The summed E-state index contributed by atoms with van der Waals surface area (Å²) in [5.74, 6) is 0.308. The number of hydrogen-bond acceptors (Lipinski definition) is 2. The van der Waals surface area contributed by atoms with Crippen LogP contribution in [-0.2, 0) is 9.59 Å². The van der Waals surface area contributed by atoms with Crippen molar-refractivity contribution in [3.63, 3.8) is 0 Å². The fourth-order valence-electron chi connectivity index (χ4n) is 2.79. The van der Waals surface area contributed by atoms with Gasteiger partial charge >= 0.3 is 0 Å². The summed E-state index contributed by atoms with van der Waals surface area (Å²) in [5.41, 5.74) is 0. The van der Waals surface area contributed by atoms with Crippen molar-refractivity contribution in [2.75, 3.05) is 26.2 Å². The van der Waals surface area contributed by atoms with E-state index in [4.69, 9.17) is 0 Å². The van der Waals surface area contributed by atoms with Crippen LogP contribution in [0.25, 0.3) is 0 Å². The number of rotatable bonds is 2. The molecule has 2 aliphatic rings. The second kappa shape index (κ2) is 6.76. The Balaban J connectivity index is 1.86. The van der Waals surface area contributed by atoms with Gasteiger partial charge in [0.15, 0.2) is 0 Å². The van der Waals surface area contributed by atoms with Crippen molar-refractivity contribution in [2.24, 2.45) is 0 Å². The summed E-state index contributed by atoms with van der Waals surface area (Å²) in [7, 11) is 0. The normalized spacial score (nSPS) is 22.6. The molecule has 0 saturated carbocycles. The van der Waals surface area contributed by atoms with Gasteiger partial charge in [-0.25, -0.2) is 0 Å². The fourth-order valence-corrected chi connectivity index (χ4v) is 2.79. The van der Waals surface area contributed by atoms with Gasteiger partial charge in [0, 0.05) is 26.1 Å². The van der Waals surface area contributed by atoms with E-state index >= 15 is 0 Å². The summed E-state index contributed by atoms with van der Waals surface area (Å²) in [5, 5.41) is 0. The Morgan fingerprint density at radius 3 is 2.22 bits per heavy atom. The number of carbonyl (C=O) groups excluding carboxylic acids is 2. The predicted molar refractivity (Wildman–Crippen MR) is 70.1 cm³/mol. The van der Waals surface area contributed by atoms with Gasteiger partial charge < -0.3 is 9.80 Å². The van der Waals surface area contributed by atoms with Crippen molar-refractivity contribution < 1.29 is 9.59 Å². The van der Waals surface area contributed by atoms with Crippen LogP contribution in [0, 0.1) is 0 Å². The van der Waals surface area contributed by atoms with E-state index in [0.29, 0.717) is 13.0 Å². The van der Waals surface area contributed by atoms with Crippen molar-refractivity contribution in [1.29, 1.82) is 0 Å². The highest BCUT2D eigenvalue weighted by Crippen LogP contribution is 2.13. The summed E-state index contributed by atoms with van der Waals surface area (Å²) < 4.78 is 0. The molecule has 0 unspecified atom stereocenters. The van der Waals surface area contributed by atoms with Gasteiger partial charge in [0.2, 0.25) is 11.8 Å². The highest BCUT2D eigenvalue weighted by Gasteiger charge is 2.22. The average Bonchev–Trinajstić information content (AvgIpc) is 2.73. The minimum atomic E-state index is 0.146. The van der Waals surface area contributed by atoms with Gasteiger partial charge in [-0.15, -0.1) is 0 Å². The summed E-state index contributed by atoms with van der Waals surface area (Å²) in [4.78, 5) is 27.8. The molecule has 0 aromatic heterocycles. The molecule has 2 fully saturated rings. The number of amides is 2. The van der Waals surface area contributed by atoms with Gasteiger partial charge in [-0.2, -0.15) is 0 Å². The molecule has 0 spiro atoms. The zero-order valence-corrected chi connectivity index (χ0v) is 11.2. The smallest absolute Gasteiger partial charge is 0.242 e. The molecule has 0 radical (unpaired) electrons. The summed E-state index contributed by atoms with van der Waals surface area (Å²) in [6.45, 7) is 2.82. The predicted octanol–water partition coefficient (Wildman–Crippen LogP) is 1.79. The highest BCUT2D eigenvalue weighted by atomic mass is 16.2. The molecule has 4 nitrogen and oxygen atoms in total. The van der Waals surface area contributed by atoms with Crippen molar-refractivity contribution in [2.45, 2.75) is 51.4 Å². The average molecular weight is 252 g/mol. The number of hydrogen-bond donors (Lipinski definition) is 0. The van der Waals surface area contributed by atoms with Gasteiger partial charge in [-0.05, 0) is 25.7 Å². The van der Waals surface area contributed by atoms with E-state index < -0.39 is 0 Å². The van der Waals surface area contributed by atoms with E-state index in [-0.39, 0.29) is 11.8 Å². The maximum absolute atomic E-state index is 12.2. The molecule has 2 rings (SSSR count). The lowest BCUT2D eigenvalue weighted by atomic mass is 10.2. The molecule has 0 aliphatic carbocycles. The Bertz CT molecular complexity index is 296. The third-order valence-corrected chi connectivity index (χ3v) is 3.96. The number of nitrogens with zero attached hydrogens (tertiary/aromatic N) is 2. The van der Waals surface area contributed by atoms with Gasteiger partial charge in [-0.3, -0.25) is 9.59 Å². The summed E-state index contributed by atoms with van der Waals surface area (Å²) in [6.07, 6.45) is 8.43. The van der Waals surface area contributed by atoms with Crippen LogP contribution in [0.5, 0.6) is 0 Å². The molecule has 102 valence electrons. The zero-order valence-electron chi connectivity index (χ0n) is 11.2.